The standard InChI is InChI=1S/C16H23ClN2O3/c1-11(22-13-8-6-12(17)7-9-13)15(21)19(5)10-14(20)18-16(2,3)4/h6-9,11H,10H2,1-5H3,(H,18,20). The molecule has 1 unspecified atom stereocenters. The summed E-state index contributed by atoms with van der Waals surface area (Å²) in [6, 6.07) is 6.76. The maximum absolute atomic E-state index is 12.2. The molecule has 5 nitrogen and oxygen atoms in total. The SMILES string of the molecule is CC(Oc1ccc(Cl)cc1)C(=O)N(C)CC(=O)NC(C)(C)C. The number of nitrogens with zero attached hydrogens (tertiary/aromatic N) is 1. The van der Waals surface area contributed by atoms with E-state index >= 15 is 0 Å². The monoisotopic (exact) mass is 326 g/mol. The van der Waals surface area contributed by atoms with Crippen LogP contribution in [0.1, 0.15) is 27.7 Å². The molecule has 0 aromatic heterocycles. The Balaban J connectivity index is 2.54. The van der Waals surface area contributed by atoms with Gasteiger partial charge in [-0.25, -0.2) is 0 Å². The summed E-state index contributed by atoms with van der Waals surface area (Å²) in [5.74, 6) is 0.0823. The molecule has 1 aromatic rings. The minimum Gasteiger partial charge on any atom is -0.481 e. The summed E-state index contributed by atoms with van der Waals surface area (Å²) in [4.78, 5) is 25.4. The third-order valence-electron chi connectivity index (χ3n) is 2.75. The maximum atomic E-state index is 12.2. The van der Waals surface area contributed by atoms with Crippen molar-refractivity contribution < 1.29 is 14.3 Å². The third kappa shape index (κ3) is 6.35. The van der Waals surface area contributed by atoms with Crippen LogP contribution in [0.3, 0.4) is 0 Å². The van der Waals surface area contributed by atoms with Gasteiger partial charge in [0.05, 0.1) is 6.54 Å². The van der Waals surface area contributed by atoms with Gasteiger partial charge in [-0.3, -0.25) is 9.59 Å². The first-order valence-electron chi connectivity index (χ1n) is 7.07. The van der Waals surface area contributed by atoms with Crippen LogP contribution in [0, 0.1) is 0 Å². The molecule has 0 saturated carbocycles. The summed E-state index contributed by atoms with van der Waals surface area (Å²) in [6.07, 6.45) is -0.686. The second kappa shape index (κ2) is 7.49. The summed E-state index contributed by atoms with van der Waals surface area (Å²) in [7, 11) is 1.58. The molecule has 1 atom stereocenters. The summed E-state index contributed by atoms with van der Waals surface area (Å²) >= 11 is 5.80. The summed E-state index contributed by atoms with van der Waals surface area (Å²) in [5, 5.41) is 3.41. The number of ether oxygens (including phenoxy) is 1. The fourth-order valence-corrected chi connectivity index (χ4v) is 1.96. The van der Waals surface area contributed by atoms with E-state index in [0.29, 0.717) is 10.8 Å². The molecule has 0 heterocycles. The van der Waals surface area contributed by atoms with Gasteiger partial charge in [0.25, 0.3) is 5.91 Å². The minimum atomic E-state index is -0.686. The number of likely N-dealkylation sites (N-methyl/N-ethyl adjacent to an activating group) is 1. The van der Waals surface area contributed by atoms with Crippen LogP contribution < -0.4 is 10.1 Å². The average molecular weight is 327 g/mol. The van der Waals surface area contributed by atoms with Crippen LogP contribution in [0.15, 0.2) is 24.3 Å². The van der Waals surface area contributed by atoms with E-state index in [1.165, 1.54) is 4.90 Å². The molecule has 0 bridgehead atoms. The lowest BCUT2D eigenvalue weighted by Gasteiger charge is -2.25. The number of rotatable bonds is 5. The number of nitrogens with one attached hydrogen (secondary N) is 1. The number of carbonyl (C=O) groups excluding carboxylic acids is 2. The molecule has 0 aliphatic rings. The second-order valence-electron chi connectivity index (χ2n) is 6.21. The van der Waals surface area contributed by atoms with Crippen molar-refractivity contribution in [3.05, 3.63) is 29.3 Å². The number of halogens is 1. The van der Waals surface area contributed by atoms with Crippen molar-refractivity contribution in [2.45, 2.75) is 39.3 Å². The van der Waals surface area contributed by atoms with Crippen molar-refractivity contribution in [2.75, 3.05) is 13.6 Å². The van der Waals surface area contributed by atoms with E-state index in [9.17, 15) is 9.59 Å². The second-order valence-corrected chi connectivity index (χ2v) is 6.64. The van der Waals surface area contributed by atoms with Crippen LogP contribution in [0.4, 0.5) is 0 Å². The average Bonchev–Trinajstić information content (AvgIpc) is 2.38. The van der Waals surface area contributed by atoms with Gasteiger partial charge in [-0.1, -0.05) is 11.6 Å². The van der Waals surface area contributed by atoms with Gasteiger partial charge in [0.15, 0.2) is 6.10 Å². The van der Waals surface area contributed by atoms with E-state index in [-0.39, 0.29) is 23.9 Å². The number of hydrogen-bond donors (Lipinski definition) is 1. The molecule has 1 rings (SSSR count). The lowest BCUT2D eigenvalue weighted by molar-refractivity contribution is -0.140. The molecule has 1 aromatic carbocycles. The molecule has 0 fully saturated rings. The molecule has 2 amide bonds. The number of amides is 2. The molecule has 0 spiro atoms. The fraction of sp³-hybridized carbons (Fsp3) is 0.500. The van der Waals surface area contributed by atoms with E-state index in [4.69, 9.17) is 16.3 Å². The van der Waals surface area contributed by atoms with Crippen molar-refractivity contribution >= 4 is 23.4 Å². The first kappa shape index (κ1) is 18.3. The Morgan fingerprint density at radius 3 is 2.32 bits per heavy atom. The van der Waals surface area contributed by atoms with E-state index in [2.05, 4.69) is 5.32 Å². The van der Waals surface area contributed by atoms with Gasteiger partial charge < -0.3 is 15.0 Å². The van der Waals surface area contributed by atoms with E-state index in [0.717, 1.165) is 0 Å². The highest BCUT2D eigenvalue weighted by Gasteiger charge is 2.22. The van der Waals surface area contributed by atoms with Crippen LogP contribution in [-0.4, -0.2) is 41.9 Å². The molecular formula is C16H23ClN2O3. The Labute approximate surface area is 136 Å². The zero-order valence-corrected chi connectivity index (χ0v) is 14.4. The summed E-state index contributed by atoms with van der Waals surface area (Å²) < 4.78 is 5.55. The maximum Gasteiger partial charge on any atom is 0.263 e. The third-order valence-corrected chi connectivity index (χ3v) is 3.00. The number of benzene rings is 1. The zero-order valence-electron chi connectivity index (χ0n) is 13.6. The first-order valence-corrected chi connectivity index (χ1v) is 7.44. The molecule has 0 aliphatic heterocycles. The predicted molar refractivity (Wildman–Crippen MR) is 87.1 cm³/mol. The van der Waals surface area contributed by atoms with E-state index in [1.807, 2.05) is 20.8 Å². The molecule has 0 aliphatic carbocycles. The largest absolute Gasteiger partial charge is 0.481 e. The van der Waals surface area contributed by atoms with Gasteiger partial charge in [-0.15, -0.1) is 0 Å². The van der Waals surface area contributed by atoms with Gasteiger partial charge >= 0.3 is 0 Å². The Hall–Kier alpha value is -1.75. The van der Waals surface area contributed by atoms with Gasteiger partial charge in [0, 0.05) is 17.6 Å². The molecule has 22 heavy (non-hydrogen) atoms. The van der Waals surface area contributed by atoms with Gasteiger partial charge in [0.1, 0.15) is 5.75 Å². The van der Waals surface area contributed by atoms with Gasteiger partial charge in [0.2, 0.25) is 5.91 Å². The normalized spacial score (nSPS) is 12.5. The van der Waals surface area contributed by atoms with Gasteiger partial charge in [-0.2, -0.15) is 0 Å². The van der Waals surface area contributed by atoms with Gasteiger partial charge in [-0.05, 0) is 52.0 Å². The number of hydrogen-bond acceptors (Lipinski definition) is 3. The first-order chi connectivity index (χ1) is 10.1. The molecular weight excluding hydrogens is 304 g/mol. The Bertz CT molecular complexity index is 523. The highest BCUT2D eigenvalue weighted by molar-refractivity contribution is 6.30. The highest BCUT2D eigenvalue weighted by Crippen LogP contribution is 2.17. The Morgan fingerprint density at radius 2 is 1.82 bits per heavy atom. The van der Waals surface area contributed by atoms with Crippen molar-refractivity contribution in [3.63, 3.8) is 0 Å². The molecule has 6 heteroatoms. The van der Waals surface area contributed by atoms with Crippen LogP contribution in [0.2, 0.25) is 5.02 Å². The van der Waals surface area contributed by atoms with Crippen LogP contribution in [-0.2, 0) is 9.59 Å². The molecule has 0 saturated heterocycles. The highest BCUT2D eigenvalue weighted by atomic mass is 35.5. The van der Waals surface area contributed by atoms with E-state index in [1.54, 1.807) is 38.2 Å². The summed E-state index contributed by atoms with van der Waals surface area (Å²) in [5.41, 5.74) is -0.327. The van der Waals surface area contributed by atoms with Crippen molar-refractivity contribution in [2.24, 2.45) is 0 Å². The zero-order chi connectivity index (χ0) is 16.9. The Kier molecular flexibility index (Phi) is 6.23. The van der Waals surface area contributed by atoms with Crippen LogP contribution in [0.5, 0.6) is 5.75 Å². The lowest BCUT2D eigenvalue weighted by Crippen LogP contribution is -2.48. The van der Waals surface area contributed by atoms with Crippen molar-refractivity contribution in [1.29, 1.82) is 0 Å². The van der Waals surface area contributed by atoms with Crippen molar-refractivity contribution in [1.82, 2.24) is 10.2 Å². The molecule has 122 valence electrons. The van der Waals surface area contributed by atoms with Crippen molar-refractivity contribution in [3.8, 4) is 5.75 Å². The number of carbonyl (C=O) groups is 2. The van der Waals surface area contributed by atoms with Crippen LogP contribution in [0.25, 0.3) is 0 Å². The molecule has 1 N–H and O–H groups in total. The minimum absolute atomic E-state index is 0.00950. The van der Waals surface area contributed by atoms with E-state index < -0.39 is 6.10 Å². The quantitative estimate of drug-likeness (QED) is 0.904. The topological polar surface area (TPSA) is 58.6 Å². The predicted octanol–water partition coefficient (Wildman–Crippen LogP) is 2.48. The molecule has 0 radical (unpaired) electrons. The van der Waals surface area contributed by atoms with Crippen LogP contribution >= 0.6 is 11.6 Å². The fourth-order valence-electron chi connectivity index (χ4n) is 1.83. The Morgan fingerprint density at radius 1 is 1.27 bits per heavy atom. The summed E-state index contributed by atoms with van der Waals surface area (Å²) in [6.45, 7) is 7.30. The smallest absolute Gasteiger partial charge is 0.263 e. The lowest BCUT2D eigenvalue weighted by atomic mass is 10.1.